The fourth-order valence-electron chi connectivity index (χ4n) is 3.75. The molecular weight excluding hydrogens is 362 g/mol. The van der Waals surface area contributed by atoms with Gasteiger partial charge in [-0.2, -0.15) is 0 Å². The van der Waals surface area contributed by atoms with Crippen LogP contribution in [0.4, 0.5) is 20.2 Å². The Kier molecular flexibility index (Phi) is 6.07. The van der Waals surface area contributed by atoms with E-state index < -0.39 is 23.2 Å². The number of rotatable bonds is 4. The molecule has 148 valence electrons. The molecule has 0 spiro atoms. The van der Waals surface area contributed by atoms with Crippen molar-refractivity contribution in [3.05, 3.63) is 59.2 Å². The summed E-state index contributed by atoms with van der Waals surface area (Å²) in [6.07, 6.45) is 2.14. The first-order chi connectivity index (χ1) is 13.3. The van der Waals surface area contributed by atoms with Crippen LogP contribution in [-0.4, -0.2) is 11.8 Å². The first-order valence-corrected chi connectivity index (χ1v) is 9.47. The number of benzene rings is 2. The zero-order valence-corrected chi connectivity index (χ0v) is 16.0. The molecule has 0 aliphatic heterocycles. The lowest BCUT2D eigenvalue weighted by Crippen LogP contribution is -2.32. The monoisotopic (exact) mass is 386 g/mol. The van der Waals surface area contributed by atoms with Gasteiger partial charge < -0.3 is 10.6 Å². The molecule has 6 heteroatoms. The second-order valence-corrected chi connectivity index (χ2v) is 7.50. The maximum atomic E-state index is 13.7. The van der Waals surface area contributed by atoms with Crippen LogP contribution in [0, 0.1) is 37.3 Å². The normalized spacial score (nSPS) is 19.1. The van der Waals surface area contributed by atoms with Gasteiger partial charge in [0.2, 0.25) is 11.8 Å². The summed E-state index contributed by atoms with van der Waals surface area (Å²) in [6.45, 7) is 3.95. The number of amides is 2. The number of nitrogens with one attached hydrogen (secondary N) is 2. The summed E-state index contributed by atoms with van der Waals surface area (Å²) < 4.78 is 27.4. The van der Waals surface area contributed by atoms with E-state index in [9.17, 15) is 18.4 Å². The molecule has 1 aliphatic rings. The summed E-state index contributed by atoms with van der Waals surface area (Å²) in [5.41, 5.74) is 2.52. The quantitative estimate of drug-likeness (QED) is 0.780. The van der Waals surface area contributed by atoms with Crippen molar-refractivity contribution in [2.75, 3.05) is 10.6 Å². The highest BCUT2D eigenvalue weighted by Gasteiger charge is 2.30. The van der Waals surface area contributed by atoms with Gasteiger partial charge in [0, 0.05) is 17.5 Å². The summed E-state index contributed by atoms with van der Waals surface area (Å²) in [6, 6.07) is 9.34. The standard InChI is InChI=1S/C22H24F2N2O2/c1-13-10-14(2)12-17(11-13)25-21(27)15-6-8-16(9-7-15)22(28)26-20-18(23)4-3-5-19(20)24/h3-5,10-12,15-16H,6-9H2,1-2H3,(H,25,27)(H,26,28). The van der Waals surface area contributed by atoms with Gasteiger partial charge in [0.1, 0.15) is 17.3 Å². The van der Waals surface area contributed by atoms with Crippen molar-refractivity contribution >= 4 is 23.2 Å². The molecule has 2 aromatic carbocycles. The van der Waals surface area contributed by atoms with Crippen molar-refractivity contribution in [3.8, 4) is 0 Å². The van der Waals surface area contributed by atoms with Gasteiger partial charge in [0.05, 0.1) is 0 Å². The van der Waals surface area contributed by atoms with E-state index in [4.69, 9.17) is 0 Å². The Morgan fingerprint density at radius 2 is 1.29 bits per heavy atom. The van der Waals surface area contributed by atoms with Gasteiger partial charge in [0.25, 0.3) is 0 Å². The summed E-state index contributed by atoms with van der Waals surface area (Å²) in [7, 11) is 0. The highest BCUT2D eigenvalue weighted by atomic mass is 19.1. The Morgan fingerprint density at radius 3 is 1.79 bits per heavy atom. The summed E-state index contributed by atoms with van der Waals surface area (Å²) in [5.74, 6) is -2.58. The first-order valence-electron chi connectivity index (χ1n) is 9.47. The highest BCUT2D eigenvalue weighted by molar-refractivity contribution is 5.94. The van der Waals surface area contributed by atoms with Crippen LogP contribution >= 0.6 is 0 Å². The minimum absolute atomic E-state index is 0.0518. The topological polar surface area (TPSA) is 58.2 Å². The number of hydrogen-bond acceptors (Lipinski definition) is 2. The van der Waals surface area contributed by atoms with Gasteiger partial charge in [0.15, 0.2) is 0 Å². The third-order valence-corrected chi connectivity index (χ3v) is 5.17. The predicted octanol–water partition coefficient (Wildman–Crippen LogP) is 4.97. The van der Waals surface area contributed by atoms with Gasteiger partial charge in [-0.25, -0.2) is 8.78 Å². The average Bonchev–Trinajstić information content (AvgIpc) is 2.64. The second-order valence-electron chi connectivity index (χ2n) is 7.50. The van der Waals surface area contributed by atoms with Crippen molar-refractivity contribution in [1.29, 1.82) is 0 Å². The van der Waals surface area contributed by atoms with E-state index in [1.807, 2.05) is 32.0 Å². The minimum atomic E-state index is -0.796. The van der Waals surface area contributed by atoms with Crippen LogP contribution in [-0.2, 0) is 9.59 Å². The molecule has 0 unspecified atom stereocenters. The molecule has 2 amide bonds. The van der Waals surface area contributed by atoms with Gasteiger partial charge in [-0.1, -0.05) is 12.1 Å². The van der Waals surface area contributed by atoms with Crippen LogP contribution in [0.15, 0.2) is 36.4 Å². The molecule has 0 atom stereocenters. The molecule has 0 bridgehead atoms. The molecule has 1 fully saturated rings. The van der Waals surface area contributed by atoms with Crippen LogP contribution in [0.3, 0.4) is 0 Å². The van der Waals surface area contributed by atoms with E-state index in [0.717, 1.165) is 28.9 Å². The number of halogens is 2. The summed E-state index contributed by atoms with van der Waals surface area (Å²) in [4.78, 5) is 24.9. The van der Waals surface area contributed by atoms with E-state index in [2.05, 4.69) is 10.6 Å². The zero-order valence-electron chi connectivity index (χ0n) is 16.0. The molecule has 28 heavy (non-hydrogen) atoms. The number of carbonyl (C=O) groups excluding carboxylic acids is 2. The molecule has 0 saturated heterocycles. The molecule has 1 saturated carbocycles. The van der Waals surface area contributed by atoms with E-state index in [-0.39, 0.29) is 17.7 Å². The average molecular weight is 386 g/mol. The summed E-state index contributed by atoms with van der Waals surface area (Å²) in [5, 5.41) is 5.31. The largest absolute Gasteiger partial charge is 0.326 e. The van der Waals surface area contributed by atoms with E-state index >= 15 is 0 Å². The maximum absolute atomic E-state index is 13.7. The maximum Gasteiger partial charge on any atom is 0.227 e. The summed E-state index contributed by atoms with van der Waals surface area (Å²) >= 11 is 0. The molecule has 0 heterocycles. The van der Waals surface area contributed by atoms with Crippen molar-refractivity contribution < 1.29 is 18.4 Å². The second kappa shape index (κ2) is 8.50. The first kappa shape index (κ1) is 20.0. The molecular formula is C22H24F2N2O2. The lowest BCUT2D eigenvalue weighted by Gasteiger charge is -2.27. The molecule has 0 radical (unpaired) electrons. The number of aryl methyl sites for hydroxylation is 2. The van der Waals surface area contributed by atoms with Gasteiger partial charge in [-0.05, 0) is 74.9 Å². The molecule has 1 aliphatic carbocycles. The van der Waals surface area contributed by atoms with Crippen LogP contribution in [0.2, 0.25) is 0 Å². The molecule has 2 aromatic rings. The lowest BCUT2D eigenvalue weighted by atomic mass is 9.81. The third-order valence-electron chi connectivity index (χ3n) is 5.17. The Balaban J connectivity index is 1.55. The Bertz CT molecular complexity index is 850. The van der Waals surface area contributed by atoms with Gasteiger partial charge >= 0.3 is 0 Å². The van der Waals surface area contributed by atoms with E-state index in [0.29, 0.717) is 25.7 Å². The van der Waals surface area contributed by atoms with Crippen molar-refractivity contribution in [2.45, 2.75) is 39.5 Å². The lowest BCUT2D eigenvalue weighted by molar-refractivity contribution is -0.125. The van der Waals surface area contributed by atoms with Crippen molar-refractivity contribution in [1.82, 2.24) is 0 Å². The fraction of sp³-hybridized carbons (Fsp3) is 0.364. The Hall–Kier alpha value is -2.76. The third kappa shape index (κ3) is 4.74. The molecule has 3 rings (SSSR count). The number of hydrogen-bond donors (Lipinski definition) is 2. The van der Waals surface area contributed by atoms with E-state index in [1.54, 1.807) is 0 Å². The molecule has 4 nitrogen and oxygen atoms in total. The van der Waals surface area contributed by atoms with Crippen LogP contribution < -0.4 is 10.6 Å². The molecule has 0 aromatic heterocycles. The number of para-hydroxylation sites is 1. The van der Waals surface area contributed by atoms with Crippen LogP contribution in [0.1, 0.15) is 36.8 Å². The molecule has 2 N–H and O–H groups in total. The van der Waals surface area contributed by atoms with E-state index in [1.165, 1.54) is 6.07 Å². The van der Waals surface area contributed by atoms with Crippen molar-refractivity contribution in [2.24, 2.45) is 11.8 Å². The Morgan fingerprint density at radius 1 is 0.821 bits per heavy atom. The van der Waals surface area contributed by atoms with Crippen LogP contribution in [0.25, 0.3) is 0 Å². The highest BCUT2D eigenvalue weighted by Crippen LogP contribution is 2.31. The van der Waals surface area contributed by atoms with Crippen molar-refractivity contribution in [3.63, 3.8) is 0 Å². The zero-order chi connectivity index (χ0) is 20.3. The SMILES string of the molecule is Cc1cc(C)cc(NC(=O)C2CCC(C(=O)Nc3c(F)cccc3F)CC2)c1. The van der Waals surface area contributed by atoms with Gasteiger partial charge in [-0.15, -0.1) is 0 Å². The smallest absolute Gasteiger partial charge is 0.227 e. The fourth-order valence-corrected chi connectivity index (χ4v) is 3.75. The number of anilines is 2. The number of carbonyl (C=O) groups is 2. The predicted molar refractivity (Wildman–Crippen MR) is 105 cm³/mol. The Labute approximate surface area is 163 Å². The van der Waals surface area contributed by atoms with Crippen LogP contribution in [0.5, 0.6) is 0 Å². The minimum Gasteiger partial charge on any atom is -0.326 e. The van der Waals surface area contributed by atoms with Gasteiger partial charge in [-0.3, -0.25) is 9.59 Å².